The lowest BCUT2D eigenvalue weighted by molar-refractivity contribution is 0.607. The number of aromatic nitrogens is 2. The summed E-state index contributed by atoms with van der Waals surface area (Å²) < 4.78 is 13.6. The molecule has 0 atom stereocenters. The van der Waals surface area contributed by atoms with Crippen LogP contribution in [0.3, 0.4) is 0 Å². The molecule has 0 amide bonds. The smallest absolute Gasteiger partial charge is 0.225 e. The minimum Gasteiger partial charge on any atom is -0.339 e. The zero-order valence-corrected chi connectivity index (χ0v) is 11.7. The molecule has 0 spiro atoms. The van der Waals surface area contributed by atoms with Crippen LogP contribution in [-0.4, -0.2) is 17.0 Å². The van der Waals surface area contributed by atoms with Crippen LogP contribution in [0.5, 0.6) is 0 Å². The van der Waals surface area contributed by atoms with Crippen molar-refractivity contribution < 1.29 is 4.39 Å². The predicted octanol–water partition coefficient (Wildman–Crippen LogP) is 3.30. The van der Waals surface area contributed by atoms with E-state index in [4.69, 9.17) is 11.6 Å². The van der Waals surface area contributed by atoms with Crippen molar-refractivity contribution in [2.24, 2.45) is 0 Å². The summed E-state index contributed by atoms with van der Waals surface area (Å²) in [7, 11) is 1.83. The van der Waals surface area contributed by atoms with Crippen molar-refractivity contribution >= 4 is 17.5 Å². The highest BCUT2D eigenvalue weighted by molar-refractivity contribution is 6.16. The first-order valence-corrected chi connectivity index (χ1v) is 6.48. The van der Waals surface area contributed by atoms with Crippen LogP contribution in [0.4, 0.5) is 10.3 Å². The third kappa shape index (κ3) is 3.41. The quantitative estimate of drug-likeness (QED) is 0.804. The largest absolute Gasteiger partial charge is 0.339 e. The van der Waals surface area contributed by atoms with Gasteiger partial charge in [0.25, 0.3) is 0 Å². The predicted molar refractivity (Wildman–Crippen MR) is 74.8 cm³/mol. The topological polar surface area (TPSA) is 29.0 Å². The summed E-state index contributed by atoms with van der Waals surface area (Å²) >= 11 is 5.79. The maximum absolute atomic E-state index is 13.6. The Bertz CT molecular complexity index is 574. The lowest BCUT2D eigenvalue weighted by atomic mass is 10.2. The zero-order valence-electron chi connectivity index (χ0n) is 10.9. The lowest BCUT2D eigenvalue weighted by Gasteiger charge is -2.18. The summed E-state index contributed by atoms with van der Waals surface area (Å²) in [6.07, 6.45) is 0. The van der Waals surface area contributed by atoms with Crippen molar-refractivity contribution in [1.82, 2.24) is 9.97 Å². The van der Waals surface area contributed by atoms with Gasteiger partial charge in [-0.25, -0.2) is 14.4 Å². The standard InChI is InChI=1S/C14H15ClFN3/c1-10-7-12(8-15)18-14(17-10)19(2)9-11-5-3-4-6-13(11)16/h3-7H,8-9H2,1-2H3. The fraction of sp³-hybridized carbons (Fsp3) is 0.286. The van der Waals surface area contributed by atoms with Gasteiger partial charge in [-0.3, -0.25) is 0 Å². The summed E-state index contributed by atoms with van der Waals surface area (Å²) in [6.45, 7) is 2.30. The first-order chi connectivity index (χ1) is 9.10. The van der Waals surface area contributed by atoms with Crippen LogP contribution in [0.25, 0.3) is 0 Å². The van der Waals surface area contributed by atoms with E-state index in [2.05, 4.69) is 9.97 Å². The number of halogens is 2. The molecule has 0 unspecified atom stereocenters. The van der Waals surface area contributed by atoms with Gasteiger partial charge < -0.3 is 4.90 Å². The number of anilines is 1. The van der Waals surface area contributed by atoms with Crippen LogP contribution in [0.1, 0.15) is 17.0 Å². The molecule has 1 aromatic carbocycles. The van der Waals surface area contributed by atoms with Gasteiger partial charge in [-0.05, 0) is 19.1 Å². The van der Waals surface area contributed by atoms with Gasteiger partial charge >= 0.3 is 0 Å². The van der Waals surface area contributed by atoms with E-state index in [1.807, 2.05) is 31.0 Å². The van der Waals surface area contributed by atoms with Crippen LogP contribution in [-0.2, 0) is 12.4 Å². The minimum atomic E-state index is -0.223. The molecule has 3 nitrogen and oxygen atoms in total. The monoisotopic (exact) mass is 279 g/mol. The van der Waals surface area contributed by atoms with Gasteiger partial charge in [0.2, 0.25) is 5.95 Å². The van der Waals surface area contributed by atoms with Crippen molar-refractivity contribution in [3.05, 3.63) is 53.1 Å². The van der Waals surface area contributed by atoms with Crippen LogP contribution < -0.4 is 4.90 Å². The van der Waals surface area contributed by atoms with Gasteiger partial charge in [0, 0.05) is 24.8 Å². The molecular weight excluding hydrogens is 265 g/mol. The summed E-state index contributed by atoms with van der Waals surface area (Å²) in [5.41, 5.74) is 2.23. The van der Waals surface area contributed by atoms with Gasteiger partial charge in [-0.1, -0.05) is 18.2 Å². The normalized spacial score (nSPS) is 10.5. The van der Waals surface area contributed by atoms with E-state index in [1.165, 1.54) is 6.07 Å². The molecule has 0 radical (unpaired) electrons. The zero-order chi connectivity index (χ0) is 13.8. The molecule has 1 aromatic heterocycles. The third-order valence-corrected chi connectivity index (χ3v) is 3.01. The molecule has 0 aliphatic carbocycles. The Hall–Kier alpha value is -1.68. The molecule has 100 valence electrons. The molecule has 2 aromatic rings. The van der Waals surface area contributed by atoms with E-state index < -0.39 is 0 Å². The Morgan fingerprint density at radius 3 is 2.68 bits per heavy atom. The lowest BCUT2D eigenvalue weighted by Crippen LogP contribution is -2.20. The minimum absolute atomic E-state index is 0.223. The van der Waals surface area contributed by atoms with Gasteiger partial charge in [0.15, 0.2) is 0 Å². The second-order valence-electron chi connectivity index (χ2n) is 4.38. The van der Waals surface area contributed by atoms with Crippen LogP contribution in [0, 0.1) is 12.7 Å². The Balaban J connectivity index is 2.22. The highest BCUT2D eigenvalue weighted by atomic mass is 35.5. The Morgan fingerprint density at radius 1 is 1.26 bits per heavy atom. The molecule has 0 saturated carbocycles. The van der Waals surface area contributed by atoms with E-state index >= 15 is 0 Å². The summed E-state index contributed by atoms with van der Waals surface area (Å²) in [5.74, 6) is 0.669. The molecule has 0 bridgehead atoms. The molecule has 0 saturated heterocycles. The second-order valence-corrected chi connectivity index (χ2v) is 4.65. The van der Waals surface area contributed by atoms with Gasteiger partial charge in [0.05, 0.1) is 11.6 Å². The molecular formula is C14H15ClFN3. The van der Waals surface area contributed by atoms with Gasteiger partial charge in [-0.15, -0.1) is 11.6 Å². The van der Waals surface area contributed by atoms with Gasteiger partial charge in [-0.2, -0.15) is 0 Å². The van der Waals surface area contributed by atoms with Crippen molar-refractivity contribution in [3.63, 3.8) is 0 Å². The van der Waals surface area contributed by atoms with E-state index in [1.54, 1.807) is 12.1 Å². The number of aryl methyl sites for hydroxylation is 1. The summed E-state index contributed by atoms with van der Waals surface area (Å²) in [4.78, 5) is 10.5. The van der Waals surface area contributed by atoms with Crippen molar-refractivity contribution in [2.45, 2.75) is 19.3 Å². The SMILES string of the molecule is Cc1cc(CCl)nc(N(C)Cc2ccccc2F)n1. The van der Waals surface area contributed by atoms with Crippen LogP contribution >= 0.6 is 11.6 Å². The van der Waals surface area contributed by atoms with Crippen molar-refractivity contribution in [2.75, 3.05) is 11.9 Å². The van der Waals surface area contributed by atoms with Crippen LogP contribution in [0.2, 0.25) is 0 Å². The summed E-state index contributed by atoms with van der Waals surface area (Å²) in [6, 6.07) is 8.53. The third-order valence-electron chi connectivity index (χ3n) is 2.74. The highest BCUT2D eigenvalue weighted by Crippen LogP contribution is 2.15. The molecule has 5 heteroatoms. The maximum Gasteiger partial charge on any atom is 0.225 e. The molecule has 0 aliphatic rings. The number of rotatable bonds is 4. The first-order valence-electron chi connectivity index (χ1n) is 5.95. The van der Waals surface area contributed by atoms with Crippen molar-refractivity contribution in [1.29, 1.82) is 0 Å². The fourth-order valence-corrected chi connectivity index (χ4v) is 1.95. The molecule has 0 fully saturated rings. The molecule has 2 rings (SSSR count). The average Bonchev–Trinajstić information content (AvgIpc) is 2.40. The second kappa shape index (κ2) is 5.97. The number of hydrogen-bond donors (Lipinski definition) is 0. The van der Waals surface area contributed by atoms with Crippen LogP contribution in [0.15, 0.2) is 30.3 Å². The Kier molecular flexibility index (Phi) is 4.32. The first kappa shape index (κ1) is 13.7. The van der Waals surface area contributed by atoms with E-state index in [0.29, 0.717) is 23.9 Å². The molecule has 19 heavy (non-hydrogen) atoms. The highest BCUT2D eigenvalue weighted by Gasteiger charge is 2.10. The number of benzene rings is 1. The molecule has 0 aliphatic heterocycles. The Labute approximate surface area is 117 Å². The van der Waals surface area contributed by atoms with Gasteiger partial charge in [0.1, 0.15) is 5.82 Å². The maximum atomic E-state index is 13.6. The number of hydrogen-bond acceptors (Lipinski definition) is 3. The fourth-order valence-electron chi connectivity index (χ4n) is 1.81. The van der Waals surface area contributed by atoms with E-state index in [-0.39, 0.29) is 5.82 Å². The molecule has 1 heterocycles. The van der Waals surface area contributed by atoms with E-state index in [9.17, 15) is 4.39 Å². The van der Waals surface area contributed by atoms with E-state index in [0.717, 1.165) is 11.4 Å². The number of nitrogens with zero attached hydrogens (tertiary/aromatic N) is 3. The Morgan fingerprint density at radius 2 is 2.00 bits per heavy atom. The number of alkyl halides is 1. The summed E-state index contributed by atoms with van der Waals surface area (Å²) in [5, 5.41) is 0. The molecule has 0 N–H and O–H groups in total. The average molecular weight is 280 g/mol. The van der Waals surface area contributed by atoms with Crippen molar-refractivity contribution in [3.8, 4) is 0 Å².